The molecule has 106 valence electrons. The molecule has 1 aliphatic heterocycles. The van der Waals surface area contributed by atoms with Crippen LogP contribution in [0.25, 0.3) is 0 Å². The number of imide groups is 1. The summed E-state index contributed by atoms with van der Waals surface area (Å²) in [5, 5.41) is 4.91. The van der Waals surface area contributed by atoms with Crippen molar-refractivity contribution in [3.05, 3.63) is 23.8 Å². The number of nitrogens with one attached hydrogen (secondary N) is 2. The van der Waals surface area contributed by atoms with Crippen LogP contribution in [0.2, 0.25) is 0 Å². The van der Waals surface area contributed by atoms with Crippen LogP contribution >= 0.6 is 0 Å². The second kappa shape index (κ2) is 5.70. The molecule has 4 N–H and O–H groups in total. The number of nitrogens with two attached hydrogens (primary N) is 1. The molecular formula is C13H16N4O3. The minimum absolute atomic E-state index is 0.0204. The fourth-order valence-corrected chi connectivity index (χ4v) is 1.98. The van der Waals surface area contributed by atoms with E-state index in [0.717, 1.165) is 5.56 Å². The molecule has 1 fully saturated rings. The van der Waals surface area contributed by atoms with E-state index < -0.39 is 11.8 Å². The largest absolute Gasteiger partial charge is 0.399 e. The minimum Gasteiger partial charge on any atom is -0.399 e. The number of carbonyl (C=O) groups excluding carboxylic acids is 3. The summed E-state index contributed by atoms with van der Waals surface area (Å²) in [5.41, 5.74) is 7.74. The van der Waals surface area contributed by atoms with Gasteiger partial charge < -0.3 is 11.1 Å². The van der Waals surface area contributed by atoms with Gasteiger partial charge in [-0.1, -0.05) is 6.07 Å². The Morgan fingerprint density at radius 3 is 2.65 bits per heavy atom. The van der Waals surface area contributed by atoms with Gasteiger partial charge in [-0.25, -0.2) is 0 Å². The highest BCUT2D eigenvalue weighted by atomic mass is 16.2. The molecule has 3 amide bonds. The lowest BCUT2D eigenvalue weighted by Gasteiger charge is -2.24. The van der Waals surface area contributed by atoms with Crippen LogP contribution in [-0.4, -0.2) is 42.3 Å². The molecule has 20 heavy (non-hydrogen) atoms. The van der Waals surface area contributed by atoms with Crippen LogP contribution in [0.1, 0.15) is 5.56 Å². The Hall–Kier alpha value is -2.41. The number of hydrogen-bond acceptors (Lipinski definition) is 5. The Bertz CT molecular complexity index is 555. The van der Waals surface area contributed by atoms with E-state index in [9.17, 15) is 14.4 Å². The van der Waals surface area contributed by atoms with Gasteiger partial charge in [0.15, 0.2) is 0 Å². The molecule has 0 spiro atoms. The Kier molecular flexibility index (Phi) is 3.99. The maximum Gasteiger partial charge on any atom is 0.240 e. The van der Waals surface area contributed by atoms with Crippen LogP contribution in [0.5, 0.6) is 0 Å². The average Bonchev–Trinajstić information content (AvgIpc) is 2.32. The van der Waals surface area contributed by atoms with Crippen molar-refractivity contribution >= 4 is 29.1 Å². The Morgan fingerprint density at radius 2 is 2.00 bits per heavy atom. The first-order valence-electron chi connectivity index (χ1n) is 6.15. The third-order valence-electron chi connectivity index (χ3n) is 2.92. The fourth-order valence-electron chi connectivity index (χ4n) is 1.98. The predicted octanol–water partition coefficient (Wildman–Crippen LogP) is -0.526. The molecular weight excluding hydrogens is 260 g/mol. The van der Waals surface area contributed by atoms with Gasteiger partial charge in [0.2, 0.25) is 17.7 Å². The highest BCUT2D eigenvalue weighted by Crippen LogP contribution is 2.17. The lowest BCUT2D eigenvalue weighted by atomic mass is 10.2. The molecule has 0 saturated carbocycles. The van der Waals surface area contributed by atoms with Crippen molar-refractivity contribution < 1.29 is 14.4 Å². The Morgan fingerprint density at radius 1 is 1.35 bits per heavy atom. The first kappa shape index (κ1) is 14.0. The van der Waals surface area contributed by atoms with Crippen molar-refractivity contribution in [2.45, 2.75) is 6.92 Å². The van der Waals surface area contributed by atoms with E-state index >= 15 is 0 Å². The Balaban J connectivity index is 1.97. The number of carbonyl (C=O) groups is 3. The minimum atomic E-state index is -0.394. The van der Waals surface area contributed by atoms with E-state index in [1.54, 1.807) is 12.1 Å². The molecule has 1 saturated heterocycles. The van der Waals surface area contributed by atoms with Crippen LogP contribution in [0, 0.1) is 6.92 Å². The van der Waals surface area contributed by atoms with Crippen molar-refractivity contribution in [3.8, 4) is 0 Å². The maximum atomic E-state index is 11.9. The average molecular weight is 276 g/mol. The van der Waals surface area contributed by atoms with E-state index in [4.69, 9.17) is 5.73 Å². The normalized spacial score (nSPS) is 15.8. The molecule has 0 unspecified atom stereocenters. The number of anilines is 2. The van der Waals surface area contributed by atoms with Crippen LogP contribution in [0.15, 0.2) is 18.2 Å². The number of amides is 3. The first-order valence-corrected chi connectivity index (χ1v) is 6.15. The second-order valence-electron chi connectivity index (χ2n) is 4.74. The third-order valence-corrected chi connectivity index (χ3v) is 2.92. The predicted molar refractivity (Wildman–Crippen MR) is 73.8 cm³/mol. The van der Waals surface area contributed by atoms with Crippen molar-refractivity contribution in [3.63, 3.8) is 0 Å². The first-order chi connectivity index (χ1) is 9.44. The summed E-state index contributed by atoms with van der Waals surface area (Å²) in [5.74, 6) is -1.08. The quantitative estimate of drug-likeness (QED) is 0.509. The number of piperazine rings is 1. The highest BCUT2D eigenvalue weighted by molar-refractivity contribution is 6.00. The van der Waals surface area contributed by atoms with Crippen molar-refractivity contribution in [1.29, 1.82) is 0 Å². The van der Waals surface area contributed by atoms with Gasteiger partial charge in [-0.3, -0.25) is 24.6 Å². The van der Waals surface area contributed by atoms with Gasteiger partial charge in [0.05, 0.1) is 19.6 Å². The molecule has 7 heteroatoms. The van der Waals surface area contributed by atoms with Crippen LogP contribution in [0.3, 0.4) is 0 Å². The molecule has 0 aromatic heterocycles. The van der Waals surface area contributed by atoms with Crippen molar-refractivity contribution in [2.24, 2.45) is 0 Å². The van der Waals surface area contributed by atoms with Crippen molar-refractivity contribution in [2.75, 3.05) is 30.7 Å². The highest BCUT2D eigenvalue weighted by Gasteiger charge is 2.24. The summed E-state index contributed by atoms with van der Waals surface area (Å²) < 4.78 is 0. The van der Waals surface area contributed by atoms with E-state index in [1.807, 2.05) is 13.0 Å². The number of nitrogens with zero attached hydrogens (tertiary/aromatic N) is 1. The standard InChI is InChI=1S/C13H16N4O3/c1-8-2-3-9(14)4-10(8)15-11(18)5-17-6-12(19)16-13(20)7-17/h2-4H,5-7,14H2,1H3,(H,15,18)(H,16,19,20). The summed E-state index contributed by atoms with van der Waals surface area (Å²) >= 11 is 0. The van der Waals surface area contributed by atoms with E-state index in [0.29, 0.717) is 11.4 Å². The lowest BCUT2D eigenvalue weighted by molar-refractivity contribution is -0.136. The molecule has 1 aromatic rings. The topological polar surface area (TPSA) is 105 Å². The summed E-state index contributed by atoms with van der Waals surface area (Å²) in [6.45, 7) is 1.91. The van der Waals surface area contributed by atoms with E-state index in [1.165, 1.54) is 4.90 Å². The van der Waals surface area contributed by atoms with Crippen LogP contribution < -0.4 is 16.4 Å². The molecule has 0 aliphatic carbocycles. The number of rotatable bonds is 3. The monoisotopic (exact) mass is 276 g/mol. The number of benzene rings is 1. The molecule has 0 atom stereocenters. The number of aryl methyl sites for hydroxylation is 1. The van der Waals surface area contributed by atoms with E-state index in [2.05, 4.69) is 10.6 Å². The SMILES string of the molecule is Cc1ccc(N)cc1NC(=O)CN1CC(=O)NC(=O)C1. The fraction of sp³-hybridized carbons (Fsp3) is 0.308. The van der Waals surface area contributed by atoms with Gasteiger partial charge >= 0.3 is 0 Å². The molecule has 0 bridgehead atoms. The zero-order chi connectivity index (χ0) is 14.7. The van der Waals surface area contributed by atoms with Gasteiger partial charge in [-0.15, -0.1) is 0 Å². The molecule has 1 heterocycles. The summed E-state index contributed by atoms with van der Waals surface area (Å²) in [7, 11) is 0. The second-order valence-corrected chi connectivity index (χ2v) is 4.74. The van der Waals surface area contributed by atoms with E-state index in [-0.39, 0.29) is 25.5 Å². The van der Waals surface area contributed by atoms with Gasteiger partial charge in [-0.05, 0) is 24.6 Å². The summed E-state index contributed by atoms with van der Waals surface area (Å²) in [4.78, 5) is 35.8. The van der Waals surface area contributed by atoms with Crippen molar-refractivity contribution in [1.82, 2.24) is 10.2 Å². The zero-order valence-electron chi connectivity index (χ0n) is 11.1. The number of hydrogen-bond donors (Lipinski definition) is 3. The van der Waals surface area contributed by atoms with Gasteiger partial charge in [0.1, 0.15) is 0 Å². The van der Waals surface area contributed by atoms with Crippen LogP contribution in [0.4, 0.5) is 11.4 Å². The maximum absolute atomic E-state index is 11.9. The molecule has 2 rings (SSSR count). The van der Waals surface area contributed by atoms with Gasteiger partial charge in [0.25, 0.3) is 0 Å². The molecule has 1 aromatic carbocycles. The summed E-state index contributed by atoms with van der Waals surface area (Å²) in [6, 6.07) is 5.22. The molecule has 7 nitrogen and oxygen atoms in total. The summed E-state index contributed by atoms with van der Waals surface area (Å²) in [6.07, 6.45) is 0. The Labute approximate surface area is 116 Å². The smallest absolute Gasteiger partial charge is 0.240 e. The molecule has 1 aliphatic rings. The number of nitrogen functional groups attached to an aromatic ring is 1. The van der Waals surface area contributed by atoms with Gasteiger partial charge in [-0.2, -0.15) is 0 Å². The zero-order valence-corrected chi connectivity index (χ0v) is 11.1. The third kappa shape index (κ3) is 3.55. The lowest BCUT2D eigenvalue weighted by Crippen LogP contribution is -2.53. The molecule has 0 radical (unpaired) electrons. The van der Waals surface area contributed by atoms with Crippen LogP contribution in [-0.2, 0) is 14.4 Å². The van der Waals surface area contributed by atoms with Gasteiger partial charge in [0, 0.05) is 11.4 Å².